The van der Waals surface area contributed by atoms with Crippen LogP contribution >= 0.6 is 0 Å². The van der Waals surface area contributed by atoms with Crippen molar-refractivity contribution in [1.82, 2.24) is 5.32 Å². The van der Waals surface area contributed by atoms with Gasteiger partial charge in [0, 0.05) is 18.2 Å². The number of rotatable bonds is 6. The number of hydrogen-bond donors (Lipinski definition) is 1. The molecule has 0 aliphatic heterocycles. The van der Waals surface area contributed by atoms with Gasteiger partial charge in [0.1, 0.15) is 5.82 Å². The van der Waals surface area contributed by atoms with Crippen LogP contribution in [0.3, 0.4) is 0 Å². The molecule has 0 spiro atoms. The smallest absolute Gasteiger partial charge is 0.127 e. The Kier molecular flexibility index (Phi) is 5.51. The van der Waals surface area contributed by atoms with Crippen LogP contribution in [0.1, 0.15) is 43.5 Å². The van der Waals surface area contributed by atoms with Crippen LogP contribution in [0.4, 0.5) is 4.39 Å². The Balaban J connectivity index is 1.94. The van der Waals surface area contributed by atoms with Gasteiger partial charge in [-0.15, -0.1) is 0 Å². The first-order chi connectivity index (χ1) is 10.1. The highest BCUT2D eigenvalue weighted by Gasteiger charge is 2.07. The fraction of sp³-hybridized carbons (Fsp3) is 0.368. The first-order valence-electron chi connectivity index (χ1n) is 7.62. The molecule has 0 aliphatic rings. The highest BCUT2D eigenvalue weighted by atomic mass is 19.1. The second-order valence-corrected chi connectivity index (χ2v) is 6.03. The lowest BCUT2D eigenvalue weighted by Gasteiger charge is -2.15. The summed E-state index contributed by atoms with van der Waals surface area (Å²) in [6.07, 6.45) is 1.11. The summed E-state index contributed by atoms with van der Waals surface area (Å²) in [5, 5.41) is 3.38. The largest absolute Gasteiger partial charge is 0.306 e. The van der Waals surface area contributed by atoms with Gasteiger partial charge in [-0.05, 0) is 36.5 Å². The van der Waals surface area contributed by atoms with Crippen LogP contribution in [0.25, 0.3) is 0 Å². The van der Waals surface area contributed by atoms with Gasteiger partial charge in [0.05, 0.1) is 0 Å². The lowest BCUT2D eigenvalue weighted by Crippen LogP contribution is -2.18. The topological polar surface area (TPSA) is 12.0 Å². The van der Waals surface area contributed by atoms with Gasteiger partial charge in [-0.25, -0.2) is 4.39 Å². The number of nitrogens with one attached hydrogen (secondary N) is 1. The van der Waals surface area contributed by atoms with E-state index in [0.29, 0.717) is 18.0 Å². The number of halogens is 1. The third kappa shape index (κ3) is 4.68. The molecule has 0 bridgehead atoms. The van der Waals surface area contributed by atoms with Crippen molar-refractivity contribution in [3.8, 4) is 0 Å². The van der Waals surface area contributed by atoms with Crippen LogP contribution < -0.4 is 5.32 Å². The molecule has 0 aromatic heterocycles. The minimum atomic E-state index is -0.149. The molecule has 2 rings (SSSR count). The maximum atomic E-state index is 13.6. The summed E-state index contributed by atoms with van der Waals surface area (Å²) in [4.78, 5) is 0. The van der Waals surface area contributed by atoms with E-state index in [1.165, 1.54) is 17.2 Å². The van der Waals surface area contributed by atoms with Crippen LogP contribution in [0.5, 0.6) is 0 Å². The third-order valence-corrected chi connectivity index (χ3v) is 3.68. The molecule has 1 unspecified atom stereocenters. The van der Waals surface area contributed by atoms with E-state index < -0.39 is 0 Å². The van der Waals surface area contributed by atoms with Gasteiger partial charge < -0.3 is 5.32 Å². The molecule has 0 aliphatic carbocycles. The van der Waals surface area contributed by atoms with E-state index in [1.807, 2.05) is 12.1 Å². The molecule has 112 valence electrons. The molecule has 0 fully saturated rings. The molecule has 2 aromatic rings. The van der Waals surface area contributed by atoms with Crippen molar-refractivity contribution in [3.63, 3.8) is 0 Å². The van der Waals surface area contributed by atoms with Crippen molar-refractivity contribution in [2.45, 2.75) is 39.8 Å². The van der Waals surface area contributed by atoms with Crippen LogP contribution in [-0.2, 0) is 13.0 Å². The second-order valence-electron chi connectivity index (χ2n) is 6.03. The fourth-order valence-corrected chi connectivity index (χ4v) is 2.44. The average Bonchev–Trinajstić information content (AvgIpc) is 2.46. The quantitative estimate of drug-likeness (QED) is 0.798. The molecule has 1 nitrogen and oxygen atoms in total. The Morgan fingerprint density at radius 1 is 0.952 bits per heavy atom. The lowest BCUT2D eigenvalue weighted by molar-refractivity contribution is 0.544. The molecule has 0 heterocycles. The molecular formula is C19H24FN. The van der Waals surface area contributed by atoms with Crippen molar-refractivity contribution < 1.29 is 4.39 Å². The second kappa shape index (κ2) is 7.37. The van der Waals surface area contributed by atoms with Gasteiger partial charge in [0.25, 0.3) is 0 Å². The van der Waals surface area contributed by atoms with Crippen molar-refractivity contribution >= 4 is 0 Å². The van der Waals surface area contributed by atoms with E-state index in [4.69, 9.17) is 0 Å². The van der Waals surface area contributed by atoms with Crippen molar-refractivity contribution in [2.75, 3.05) is 0 Å². The average molecular weight is 285 g/mol. The Bertz CT molecular complexity index is 560. The summed E-state index contributed by atoms with van der Waals surface area (Å²) >= 11 is 0. The van der Waals surface area contributed by atoms with E-state index in [2.05, 4.69) is 50.4 Å². The normalized spacial score (nSPS) is 12.6. The van der Waals surface area contributed by atoms with Crippen LogP contribution in [0.2, 0.25) is 0 Å². The monoisotopic (exact) mass is 285 g/mol. The fourth-order valence-electron chi connectivity index (χ4n) is 2.44. The summed E-state index contributed by atoms with van der Waals surface area (Å²) < 4.78 is 13.6. The van der Waals surface area contributed by atoms with Crippen LogP contribution in [-0.4, -0.2) is 0 Å². The molecule has 2 aromatic carbocycles. The zero-order valence-electron chi connectivity index (χ0n) is 13.1. The maximum Gasteiger partial charge on any atom is 0.127 e. The Morgan fingerprint density at radius 3 is 2.24 bits per heavy atom. The van der Waals surface area contributed by atoms with Gasteiger partial charge in [-0.2, -0.15) is 0 Å². The van der Waals surface area contributed by atoms with E-state index in [1.54, 1.807) is 6.07 Å². The zero-order chi connectivity index (χ0) is 15.2. The number of benzene rings is 2. The molecule has 0 amide bonds. The summed E-state index contributed by atoms with van der Waals surface area (Å²) in [6.45, 7) is 7.11. The Labute approximate surface area is 127 Å². The summed E-state index contributed by atoms with van der Waals surface area (Å²) in [7, 11) is 0. The Hall–Kier alpha value is -1.67. The highest BCUT2D eigenvalue weighted by molar-refractivity contribution is 5.25. The summed E-state index contributed by atoms with van der Waals surface area (Å²) in [5.74, 6) is 0.525. The molecule has 1 N–H and O–H groups in total. The van der Waals surface area contributed by atoms with Gasteiger partial charge in [-0.1, -0.05) is 56.3 Å². The standard InChI is InChI=1S/C19H24FN/c1-14(2)12-16-8-10-17(11-9-16)15(3)21-13-18-6-4-5-7-19(18)20/h4-11,14-15,21H,12-13H2,1-3H3. The van der Waals surface area contributed by atoms with Crippen molar-refractivity contribution in [1.29, 1.82) is 0 Å². The Morgan fingerprint density at radius 2 is 1.62 bits per heavy atom. The highest BCUT2D eigenvalue weighted by Crippen LogP contribution is 2.16. The SMILES string of the molecule is CC(C)Cc1ccc(C(C)NCc2ccccc2F)cc1. The first kappa shape index (κ1) is 15.7. The minimum absolute atomic E-state index is 0.149. The molecule has 21 heavy (non-hydrogen) atoms. The zero-order valence-corrected chi connectivity index (χ0v) is 13.1. The molecule has 0 radical (unpaired) electrons. The molecule has 2 heteroatoms. The molecular weight excluding hydrogens is 261 g/mol. The van der Waals surface area contributed by atoms with E-state index in [-0.39, 0.29) is 11.9 Å². The lowest BCUT2D eigenvalue weighted by atomic mass is 10.00. The van der Waals surface area contributed by atoms with Crippen molar-refractivity contribution in [3.05, 3.63) is 71.0 Å². The van der Waals surface area contributed by atoms with Gasteiger partial charge in [0.2, 0.25) is 0 Å². The predicted molar refractivity (Wildman–Crippen MR) is 86.6 cm³/mol. The van der Waals surface area contributed by atoms with E-state index in [0.717, 1.165) is 6.42 Å². The summed E-state index contributed by atoms with van der Waals surface area (Å²) in [5.41, 5.74) is 3.31. The molecule has 1 atom stereocenters. The molecule has 0 saturated carbocycles. The van der Waals surface area contributed by atoms with Gasteiger partial charge in [-0.3, -0.25) is 0 Å². The minimum Gasteiger partial charge on any atom is -0.306 e. The maximum absolute atomic E-state index is 13.6. The van der Waals surface area contributed by atoms with E-state index >= 15 is 0 Å². The van der Waals surface area contributed by atoms with Crippen molar-refractivity contribution in [2.24, 2.45) is 5.92 Å². The van der Waals surface area contributed by atoms with Gasteiger partial charge >= 0.3 is 0 Å². The first-order valence-corrected chi connectivity index (χ1v) is 7.62. The predicted octanol–water partition coefficient (Wildman–Crippen LogP) is 4.88. The number of hydrogen-bond acceptors (Lipinski definition) is 1. The van der Waals surface area contributed by atoms with Gasteiger partial charge in [0.15, 0.2) is 0 Å². The van der Waals surface area contributed by atoms with Crippen LogP contribution in [0, 0.1) is 11.7 Å². The third-order valence-electron chi connectivity index (χ3n) is 3.68. The van der Waals surface area contributed by atoms with E-state index in [9.17, 15) is 4.39 Å². The molecule has 0 saturated heterocycles. The van der Waals surface area contributed by atoms with Crippen LogP contribution in [0.15, 0.2) is 48.5 Å². The summed E-state index contributed by atoms with van der Waals surface area (Å²) in [6, 6.07) is 15.8.